The molecular weight excluding hydrogens is 1020 g/mol. The smallest absolute Gasteiger partial charge is 0.238 e. The Kier molecular flexibility index (Phi) is 14.3. The summed E-state index contributed by atoms with van der Waals surface area (Å²) in [6.45, 7) is 9.55. The number of piperidine rings is 4. The van der Waals surface area contributed by atoms with Gasteiger partial charge in [0, 0.05) is 92.8 Å². The molecule has 2 aliphatic carbocycles. The van der Waals surface area contributed by atoms with Crippen molar-refractivity contribution in [3.63, 3.8) is 0 Å². The number of likely N-dealkylation sites (tertiary alicyclic amines) is 3. The van der Waals surface area contributed by atoms with E-state index in [9.17, 15) is 24.0 Å². The maximum atomic E-state index is 15.3. The van der Waals surface area contributed by atoms with Crippen molar-refractivity contribution in [1.82, 2.24) is 39.5 Å². The Labute approximate surface area is 473 Å². The largest absolute Gasteiger partial charge is 0.342 e. The van der Waals surface area contributed by atoms with E-state index >= 15 is 9.18 Å². The van der Waals surface area contributed by atoms with Crippen molar-refractivity contribution in [3.8, 4) is 11.3 Å². The Morgan fingerprint density at radius 2 is 1.40 bits per heavy atom. The average molecular weight is 1100 g/mol. The van der Waals surface area contributed by atoms with Gasteiger partial charge in [-0.15, -0.1) is 0 Å². The van der Waals surface area contributed by atoms with Gasteiger partial charge in [-0.1, -0.05) is 48.9 Å². The normalized spacial score (nSPS) is 25.2. The molecular formula is C64H75FN10O6. The molecule has 0 bridgehead atoms. The number of carbonyl (C=O) groups is 6. The van der Waals surface area contributed by atoms with Crippen LogP contribution in [0.5, 0.6) is 0 Å². The van der Waals surface area contributed by atoms with E-state index in [0.717, 1.165) is 71.3 Å². The van der Waals surface area contributed by atoms with Gasteiger partial charge in [0.25, 0.3) is 0 Å². The number of aromatic nitrogens is 3. The molecule has 13 rings (SSSR count). The summed E-state index contributed by atoms with van der Waals surface area (Å²) in [5.74, 6) is -0.669. The number of benzene rings is 3. The van der Waals surface area contributed by atoms with Gasteiger partial charge in [-0.3, -0.25) is 34.1 Å². The molecule has 3 aromatic carbocycles. The van der Waals surface area contributed by atoms with Crippen LogP contribution >= 0.6 is 0 Å². The number of hydrogen-bond donors (Lipinski definition) is 2. The minimum absolute atomic E-state index is 0.0713. The van der Waals surface area contributed by atoms with Crippen molar-refractivity contribution < 1.29 is 33.2 Å². The number of rotatable bonds is 10. The number of nitrogens with zero attached hydrogens (tertiary/aromatic N) is 8. The highest BCUT2D eigenvalue weighted by atomic mass is 19.1. The van der Waals surface area contributed by atoms with Gasteiger partial charge in [-0.05, 0) is 163 Å². The summed E-state index contributed by atoms with van der Waals surface area (Å²) in [6.07, 6.45) is 13.9. The standard InChI is InChI=1S/C64H75FN10O6/c1-39(2)74-38-66-54-36-53(68-58(57(54)74)67-52-9-5-4-8-51(52)65)45-16-18-50-55(33-45)75(48-34-47(35-48)70-25-6-3-7-26-70)63(81)64(50)23-30-72(31-24-64)61(79)43-21-27-71(28-22-43)60(78)41-11-13-42(14-12-41)62(80)73-29-20-40-10-15-44(32-46(40)37-73)49-17-19-56(76)69-59(49)77/h4-5,8-10,15-16,18,32-33,36,38-39,41-43,47-49H,3,6-7,11-14,17,19-31,34-35,37H2,1-2H3,(H,67,68)(H,69,76,77)/t41-,42-,47-,48+,49?. The van der Waals surface area contributed by atoms with Crippen LogP contribution in [0.2, 0.25) is 0 Å². The quantitative estimate of drug-likeness (QED) is 0.129. The van der Waals surface area contributed by atoms with Crippen LogP contribution in [0.4, 0.5) is 21.6 Å². The molecule has 16 nitrogen and oxygen atoms in total. The number of halogens is 1. The fourth-order valence-corrected chi connectivity index (χ4v) is 15.1. The topological polar surface area (TPSA) is 173 Å². The highest BCUT2D eigenvalue weighted by Gasteiger charge is 2.56. The van der Waals surface area contributed by atoms with E-state index in [1.54, 1.807) is 24.5 Å². The van der Waals surface area contributed by atoms with Gasteiger partial charge < -0.3 is 34.4 Å². The van der Waals surface area contributed by atoms with E-state index in [4.69, 9.17) is 9.97 Å². The number of fused-ring (bicyclic) bond motifs is 4. The van der Waals surface area contributed by atoms with E-state index in [2.05, 4.69) is 58.5 Å². The highest BCUT2D eigenvalue weighted by molar-refractivity contribution is 6.10. The Hall–Kier alpha value is -7.01. The summed E-state index contributed by atoms with van der Waals surface area (Å²) in [7, 11) is 0. The number of para-hydroxylation sites is 1. The van der Waals surface area contributed by atoms with Gasteiger partial charge in [-0.2, -0.15) is 0 Å². The molecule has 2 aromatic heterocycles. The minimum Gasteiger partial charge on any atom is -0.342 e. The minimum atomic E-state index is -0.756. The molecule has 2 N–H and O–H groups in total. The third kappa shape index (κ3) is 9.88. The summed E-state index contributed by atoms with van der Waals surface area (Å²) in [5, 5.41) is 5.75. The van der Waals surface area contributed by atoms with E-state index < -0.39 is 5.41 Å². The summed E-state index contributed by atoms with van der Waals surface area (Å²) in [5.41, 5.74) is 7.66. The number of carbonyl (C=O) groups excluding carboxylic acids is 6. The summed E-state index contributed by atoms with van der Waals surface area (Å²) >= 11 is 0. The third-order valence-electron chi connectivity index (χ3n) is 20.0. The van der Waals surface area contributed by atoms with Gasteiger partial charge in [0.1, 0.15) is 11.3 Å². The Morgan fingerprint density at radius 1 is 0.704 bits per heavy atom. The molecule has 6 amide bonds. The van der Waals surface area contributed by atoms with Crippen LogP contribution in [0.15, 0.2) is 73.1 Å². The van der Waals surface area contributed by atoms with E-state index in [0.29, 0.717) is 127 Å². The molecule has 5 aromatic rings. The van der Waals surface area contributed by atoms with Crippen molar-refractivity contribution in [2.75, 3.05) is 56.0 Å². The SMILES string of the molecule is CC(C)n1cnc2cc(-c3ccc4c(c3)N([C@H]3C[C@@H](N5CCCCC5)C3)C(=O)C43CCN(C(=O)C4CCN(C(=O)[C@H]5CC[C@H](C(=O)N6CCc7ccc(C8CCC(=O)NC8=O)cc7C6)CC5)CC4)CC3)nc(Nc3ccccc3F)c21. The first-order chi connectivity index (χ1) is 39.3. The molecule has 81 heavy (non-hydrogen) atoms. The molecule has 1 unspecified atom stereocenters. The number of anilines is 3. The average Bonchev–Trinajstić information content (AvgIpc) is 3.40. The molecule has 424 valence electrons. The van der Waals surface area contributed by atoms with Crippen LogP contribution in [-0.2, 0) is 47.1 Å². The lowest BCUT2D eigenvalue weighted by Crippen LogP contribution is -2.58. The zero-order valence-corrected chi connectivity index (χ0v) is 46.8. The zero-order chi connectivity index (χ0) is 55.7. The molecule has 8 heterocycles. The highest BCUT2D eigenvalue weighted by Crippen LogP contribution is 2.53. The van der Waals surface area contributed by atoms with Crippen molar-refractivity contribution in [2.24, 2.45) is 17.8 Å². The molecule has 6 fully saturated rings. The predicted molar refractivity (Wildman–Crippen MR) is 306 cm³/mol. The summed E-state index contributed by atoms with van der Waals surface area (Å²) < 4.78 is 17.2. The van der Waals surface area contributed by atoms with Crippen LogP contribution < -0.4 is 15.5 Å². The van der Waals surface area contributed by atoms with Crippen LogP contribution in [0.25, 0.3) is 22.3 Å². The van der Waals surface area contributed by atoms with Crippen molar-refractivity contribution in [3.05, 3.63) is 101 Å². The van der Waals surface area contributed by atoms with Crippen LogP contribution in [0.3, 0.4) is 0 Å². The molecule has 6 aliphatic heterocycles. The first kappa shape index (κ1) is 53.3. The lowest BCUT2D eigenvalue weighted by Gasteiger charge is -2.48. The number of imide groups is 1. The van der Waals surface area contributed by atoms with Crippen molar-refractivity contribution >= 4 is 63.7 Å². The first-order valence-corrected chi connectivity index (χ1v) is 30.2. The summed E-state index contributed by atoms with van der Waals surface area (Å²) in [6, 6.07) is 21.6. The second-order valence-corrected chi connectivity index (χ2v) is 25.0. The third-order valence-corrected chi connectivity index (χ3v) is 20.0. The van der Waals surface area contributed by atoms with Gasteiger partial charge in [0.05, 0.1) is 34.6 Å². The van der Waals surface area contributed by atoms with Gasteiger partial charge in [0.2, 0.25) is 35.4 Å². The van der Waals surface area contributed by atoms with Crippen LogP contribution in [0.1, 0.15) is 144 Å². The van der Waals surface area contributed by atoms with Crippen LogP contribution in [0, 0.1) is 23.6 Å². The number of pyridine rings is 1. The van der Waals surface area contributed by atoms with E-state index in [1.165, 1.54) is 30.9 Å². The molecule has 2 saturated carbocycles. The Bertz CT molecular complexity index is 3300. The number of nitrogens with one attached hydrogen (secondary N) is 2. The fourth-order valence-electron chi connectivity index (χ4n) is 15.1. The maximum Gasteiger partial charge on any atom is 0.238 e. The lowest BCUT2D eigenvalue weighted by molar-refractivity contribution is -0.145. The molecule has 8 aliphatic rings. The first-order valence-electron chi connectivity index (χ1n) is 30.2. The molecule has 1 atom stereocenters. The number of amides is 6. The number of hydrogen-bond acceptors (Lipinski definition) is 10. The maximum absolute atomic E-state index is 15.3. The lowest BCUT2D eigenvalue weighted by atomic mass is 9.73. The second kappa shape index (κ2) is 21.7. The fraction of sp³-hybridized carbons (Fsp3) is 0.531. The van der Waals surface area contributed by atoms with E-state index in [1.807, 2.05) is 37.5 Å². The van der Waals surface area contributed by atoms with Crippen molar-refractivity contribution in [1.29, 1.82) is 0 Å². The Morgan fingerprint density at radius 3 is 2.10 bits per heavy atom. The van der Waals surface area contributed by atoms with Gasteiger partial charge >= 0.3 is 0 Å². The Balaban J connectivity index is 0.650. The summed E-state index contributed by atoms with van der Waals surface area (Å²) in [4.78, 5) is 103. The van der Waals surface area contributed by atoms with E-state index in [-0.39, 0.29) is 77.0 Å². The molecule has 17 heteroatoms. The monoisotopic (exact) mass is 1100 g/mol. The molecule has 0 radical (unpaired) electrons. The van der Waals surface area contributed by atoms with Gasteiger partial charge in [-0.25, -0.2) is 14.4 Å². The van der Waals surface area contributed by atoms with Crippen molar-refractivity contribution in [2.45, 2.75) is 153 Å². The van der Waals surface area contributed by atoms with Crippen LogP contribution in [-0.4, -0.2) is 127 Å². The molecule has 4 saturated heterocycles. The number of imidazole rings is 1. The second-order valence-electron chi connectivity index (χ2n) is 25.0. The zero-order valence-electron chi connectivity index (χ0n) is 46.8. The van der Waals surface area contributed by atoms with Gasteiger partial charge in [0.15, 0.2) is 5.82 Å². The predicted octanol–water partition coefficient (Wildman–Crippen LogP) is 8.94. The molecule has 1 spiro atoms.